The van der Waals surface area contributed by atoms with Crippen molar-refractivity contribution in [1.82, 2.24) is 14.0 Å². The Morgan fingerprint density at radius 3 is 2.37 bits per heavy atom. The van der Waals surface area contributed by atoms with Gasteiger partial charge < -0.3 is 14.1 Å². The van der Waals surface area contributed by atoms with Crippen LogP contribution in [0, 0.1) is 6.92 Å². The molecule has 3 heterocycles. The zero-order chi connectivity index (χ0) is 26.8. The van der Waals surface area contributed by atoms with E-state index in [0.29, 0.717) is 40.5 Å². The Bertz CT molecular complexity index is 1630. The van der Waals surface area contributed by atoms with Crippen LogP contribution in [-0.2, 0) is 14.1 Å². The molecular weight excluding hydrogens is 484 g/mol. The molecule has 198 valence electrons. The molecule has 1 saturated heterocycles. The highest BCUT2D eigenvalue weighted by Crippen LogP contribution is 2.29. The summed E-state index contributed by atoms with van der Waals surface area (Å²) in [7, 11) is 3.18. The van der Waals surface area contributed by atoms with Gasteiger partial charge in [-0.1, -0.05) is 36.4 Å². The van der Waals surface area contributed by atoms with Crippen LogP contribution in [0.2, 0.25) is 0 Å². The Morgan fingerprint density at radius 1 is 0.895 bits per heavy atom. The van der Waals surface area contributed by atoms with Crippen LogP contribution in [0.25, 0.3) is 22.3 Å². The van der Waals surface area contributed by atoms with Crippen molar-refractivity contribution in [2.75, 3.05) is 44.2 Å². The number of hydrogen-bond donors (Lipinski definition) is 0. The molecule has 0 unspecified atom stereocenters. The second kappa shape index (κ2) is 10.7. The first kappa shape index (κ1) is 25.5. The number of nitrogens with zero attached hydrogens (tertiary/aromatic N) is 4. The summed E-state index contributed by atoms with van der Waals surface area (Å²) in [5.41, 5.74) is 1.25. The molecule has 0 bridgehead atoms. The molecule has 9 nitrogen and oxygen atoms in total. The first-order valence-electron chi connectivity index (χ1n) is 12.8. The van der Waals surface area contributed by atoms with Gasteiger partial charge in [-0.15, -0.1) is 0 Å². The maximum atomic E-state index is 13.3. The van der Waals surface area contributed by atoms with E-state index in [0.717, 1.165) is 49.3 Å². The predicted octanol–water partition coefficient (Wildman–Crippen LogP) is 2.76. The Kier molecular flexibility index (Phi) is 7.20. The minimum Gasteiger partial charge on any atom is -0.493 e. The van der Waals surface area contributed by atoms with Crippen LogP contribution in [0.5, 0.6) is 5.75 Å². The van der Waals surface area contributed by atoms with E-state index in [-0.39, 0.29) is 16.7 Å². The molecule has 0 aliphatic carbocycles. The van der Waals surface area contributed by atoms with Crippen LogP contribution >= 0.6 is 0 Å². The lowest BCUT2D eigenvalue weighted by Crippen LogP contribution is -2.49. The van der Waals surface area contributed by atoms with Gasteiger partial charge in [0.05, 0.1) is 6.61 Å². The van der Waals surface area contributed by atoms with Crippen LogP contribution in [0.3, 0.4) is 0 Å². The third-order valence-corrected chi connectivity index (χ3v) is 7.22. The zero-order valence-electron chi connectivity index (χ0n) is 22.0. The smallest absolute Gasteiger partial charge is 0.332 e. The highest BCUT2D eigenvalue weighted by Gasteiger charge is 2.20. The fraction of sp³-hybridized carbons (Fsp3) is 0.345. The molecule has 2 aromatic carbocycles. The van der Waals surface area contributed by atoms with Gasteiger partial charge in [-0.05, 0) is 25.5 Å². The lowest BCUT2D eigenvalue weighted by molar-refractivity contribution is 0.224. The number of ether oxygens (including phenoxy) is 1. The van der Waals surface area contributed by atoms with E-state index in [9.17, 15) is 14.4 Å². The Balaban J connectivity index is 1.20. The topological polar surface area (TPSA) is 89.9 Å². The molecule has 0 atom stereocenters. The maximum absolute atomic E-state index is 13.3. The van der Waals surface area contributed by atoms with Crippen LogP contribution in [0.1, 0.15) is 12.0 Å². The molecule has 0 saturated carbocycles. The molecule has 9 heteroatoms. The van der Waals surface area contributed by atoms with E-state index in [2.05, 4.69) is 9.80 Å². The summed E-state index contributed by atoms with van der Waals surface area (Å²) in [5, 5.41) is 0.470. The molecule has 1 aliphatic heterocycles. The van der Waals surface area contributed by atoms with Crippen molar-refractivity contribution in [3.8, 4) is 17.1 Å². The van der Waals surface area contributed by atoms with Crippen molar-refractivity contribution < 1.29 is 9.15 Å². The molecule has 0 radical (unpaired) electrons. The average molecular weight is 517 g/mol. The van der Waals surface area contributed by atoms with Gasteiger partial charge in [-0.2, -0.15) is 0 Å². The minimum atomic E-state index is -0.318. The summed E-state index contributed by atoms with van der Waals surface area (Å²) in [6, 6.07) is 16.6. The fourth-order valence-corrected chi connectivity index (χ4v) is 4.98. The van der Waals surface area contributed by atoms with Crippen molar-refractivity contribution in [3.05, 3.63) is 91.2 Å². The van der Waals surface area contributed by atoms with E-state index in [1.807, 2.05) is 42.5 Å². The van der Waals surface area contributed by atoms with Crippen LogP contribution in [-0.4, -0.2) is 53.4 Å². The second-order valence-corrected chi connectivity index (χ2v) is 9.65. The molecular formula is C29H32N4O5. The number of hydrogen-bond acceptors (Lipinski definition) is 7. The molecule has 1 aliphatic rings. The van der Waals surface area contributed by atoms with Crippen molar-refractivity contribution in [2.24, 2.45) is 14.1 Å². The highest BCUT2D eigenvalue weighted by molar-refractivity contribution is 5.86. The van der Waals surface area contributed by atoms with E-state index in [1.54, 1.807) is 20.0 Å². The van der Waals surface area contributed by atoms with E-state index in [1.165, 1.54) is 17.7 Å². The molecule has 0 N–H and O–H groups in total. The molecule has 0 spiro atoms. The van der Waals surface area contributed by atoms with Crippen molar-refractivity contribution in [1.29, 1.82) is 0 Å². The monoisotopic (exact) mass is 516 g/mol. The van der Waals surface area contributed by atoms with Crippen molar-refractivity contribution in [2.45, 2.75) is 13.3 Å². The van der Waals surface area contributed by atoms with Gasteiger partial charge in [0.1, 0.15) is 28.3 Å². The van der Waals surface area contributed by atoms with Gasteiger partial charge >= 0.3 is 5.69 Å². The normalized spacial score (nSPS) is 14.2. The summed E-state index contributed by atoms with van der Waals surface area (Å²) in [5.74, 6) is 1.77. The van der Waals surface area contributed by atoms with Gasteiger partial charge in [0, 0.05) is 64.0 Å². The van der Waals surface area contributed by atoms with Gasteiger partial charge in [-0.3, -0.25) is 23.6 Å². The number of benzene rings is 2. The number of aromatic nitrogens is 2. The van der Waals surface area contributed by atoms with Gasteiger partial charge in [-0.25, -0.2) is 4.79 Å². The molecule has 5 rings (SSSR count). The Morgan fingerprint density at radius 2 is 1.63 bits per heavy atom. The SMILES string of the molecule is Cc1c(-c2ccccc2)oc2cccc(OCCCN3CCN(c4cc(=O)n(C)c(=O)n4C)CC3)c2c1=O. The van der Waals surface area contributed by atoms with Gasteiger partial charge in [0.25, 0.3) is 5.56 Å². The second-order valence-electron chi connectivity index (χ2n) is 9.65. The van der Waals surface area contributed by atoms with Gasteiger partial charge in [0.2, 0.25) is 0 Å². The standard InChI is InChI=1S/C29H32N4O5/c1-20-27(35)26-22(11-7-12-23(26)38-28(20)21-9-5-4-6-10-21)37-18-8-13-32-14-16-33(17-15-32)24-19-25(34)31(3)29(36)30(24)2/h4-7,9-12,19H,8,13-18H2,1-3H3. The van der Waals surface area contributed by atoms with Crippen molar-refractivity contribution in [3.63, 3.8) is 0 Å². The lowest BCUT2D eigenvalue weighted by Gasteiger charge is -2.36. The Hall–Kier alpha value is -4.11. The number of rotatable bonds is 7. The Labute approximate surface area is 220 Å². The lowest BCUT2D eigenvalue weighted by atomic mass is 10.1. The molecule has 38 heavy (non-hydrogen) atoms. The summed E-state index contributed by atoms with van der Waals surface area (Å²) in [4.78, 5) is 42.0. The zero-order valence-corrected chi connectivity index (χ0v) is 22.0. The average Bonchev–Trinajstić information content (AvgIpc) is 2.94. The number of piperazine rings is 1. The van der Waals surface area contributed by atoms with E-state index >= 15 is 0 Å². The first-order valence-corrected chi connectivity index (χ1v) is 12.8. The maximum Gasteiger partial charge on any atom is 0.332 e. The fourth-order valence-electron chi connectivity index (χ4n) is 4.98. The summed E-state index contributed by atoms with van der Waals surface area (Å²) in [6.45, 7) is 6.21. The minimum absolute atomic E-state index is 0.0815. The summed E-state index contributed by atoms with van der Waals surface area (Å²) >= 11 is 0. The molecule has 2 aromatic heterocycles. The first-order chi connectivity index (χ1) is 18.3. The van der Waals surface area contributed by atoms with Crippen LogP contribution < -0.4 is 26.3 Å². The van der Waals surface area contributed by atoms with E-state index < -0.39 is 0 Å². The molecule has 1 fully saturated rings. The molecule has 0 amide bonds. The summed E-state index contributed by atoms with van der Waals surface area (Å²) in [6.07, 6.45) is 0.799. The largest absolute Gasteiger partial charge is 0.493 e. The highest BCUT2D eigenvalue weighted by atomic mass is 16.5. The predicted molar refractivity (Wildman–Crippen MR) is 148 cm³/mol. The number of anilines is 1. The summed E-state index contributed by atoms with van der Waals surface area (Å²) < 4.78 is 14.8. The third kappa shape index (κ3) is 4.89. The third-order valence-electron chi connectivity index (χ3n) is 7.22. The molecule has 4 aromatic rings. The van der Waals surface area contributed by atoms with E-state index in [4.69, 9.17) is 9.15 Å². The van der Waals surface area contributed by atoms with Gasteiger partial charge in [0.15, 0.2) is 5.43 Å². The quantitative estimate of drug-likeness (QED) is 0.349. The van der Waals surface area contributed by atoms with Crippen LogP contribution in [0.4, 0.5) is 5.82 Å². The number of fused-ring (bicyclic) bond motifs is 1. The van der Waals surface area contributed by atoms with Crippen molar-refractivity contribution >= 4 is 16.8 Å². The van der Waals surface area contributed by atoms with Crippen LogP contribution in [0.15, 0.2) is 73.4 Å².